The van der Waals surface area contributed by atoms with E-state index in [0.717, 1.165) is 12.5 Å². The van der Waals surface area contributed by atoms with Gasteiger partial charge < -0.3 is 5.32 Å². The first kappa shape index (κ1) is 13.0. The van der Waals surface area contributed by atoms with E-state index in [0.29, 0.717) is 11.5 Å². The van der Waals surface area contributed by atoms with E-state index in [1.165, 1.54) is 30.0 Å². The predicted molar refractivity (Wildman–Crippen MR) is 74.3 cm³/mol. The van der Waals surface area contributed by atoms with Gasteiger partial charge in [0.1, 0.15) is 0 Å². The van der Waals surface area contributed by atoms with Crippen LogP contribution in [0.3, 0.4) is 0 Å². The molecule has 1 saturated carbocycles. The highest BCUT2D eigenvalue weighted by atomic mass is 32.1. The van der Waals surface area contributed by atoms with Crippen LogP contribution in [0.25, 0.3) is 0 Å². The maximum absolute atomic E-state index is 4.51. The van der Waals surface area contributed by atoms with Gasteiger partial charge in [-0.05, 0) is 37.5 Å². The number of hydrogen-bond donors (Lipinski definition) is 1. The molecule has 2 rings (SSSR count). The minimum absolute atomic E-state index is 0.493. The van der Waals surface area contributed by atoms with Gasteiger partial charge >= 0.3 is 0 Å². The van der Waals surface area contributed by atoms with E-state index in [2.05, 4.69) is 43.4 Å². The van der Waals surface area contributed by atoms with Gasteiger partial charge in [-0.25, -0.2) is 4.98 Å². The predicted octanol–water partition coefficient (Wildman–Crippen LogP) is 3.76. The molecule has 0 aromatic carbocycles. The highest BCUT2D eigenvalue weighted by Crippen LogP contribution is 2.38. The highest BCUT2D eigenvalue weighted by molar-refractivity contribution is 7.09. The second kappa shape index (κ2) is 5.07. The maximum atomic E-state index is 4.51. The summed E-state index contributed by atoms with van der Waals surface area (Å²) in [6.45, 7) is 10.2. The van der Waals surface area contributed by atoms with Gasteiger partial charge in [0.15, 0.2) is 0 Å². The van der Waals surface area contributed by atoms with Crippen molar-refractivity contribution >= 4 is 11.3 Å². The SMILES string of the molecule is Cc1nc(CNC2CC(C)CC(C)(C)C2)cs1. The molecular formula is C14H24N2S. The van der Waals surface area contributed by atoms with Crippen LogP contribution in [0, 0.1) is 18.3 Å². The van der Waals surface area contributed by atoms with Crippen molar-refractivity contribution in [3.05, 3.63) is 16.1 Å². The normalized spacial score (nSPS) is 28.2. The highest BCUT2D eigenvalue weighted by Gasteiger charge is 2.31. The van der Waals surface area contributed by atoms with E-state index < -0.39 is 0 Å². The molecule has 1 aliphatic carbocycles. The zero-order valence-corrected chi connectivity index (χ0v) is 12.2. The van der Waals surface area contributed by atoms with Gasteiger partial charge in [0, 0.05) is 18.0 Å². The van der Waals surface area contributed by atoms with Crippen molar-refractivity contribution in [2.24, 2.45) is 11.3 Å². The Morgan fingerprint density at radius 3 is 2.82 bits per heavy atom. The standard InChI is InChI=1S/C14H24N2S/c1-10-5-12(7-14(3,4)6-10)15-8-13-9-17-11(2)16-13/h9-10,12,15H,5-8H2,1-4H3. The van der Waals surface area contributed by atoms with E-state index in [-0.39, 0.29) is 0 Å². The Morgan fingerprint density at radius 1 is 1.47 bits per heavy atom. The molecule has 1 aromatic heterocycles. The van der Waals surface area contributed by atoms with Gasteiger partial charge in [0.05, 0.1) is 10.7 Å². The molecular weight excluding hydrogens is 228 g/mol. The second-order valence-corrected chi connectivity index (χ2v) is 7.41. The van der Waals surface area contributed by atoms with Crippen LogP contribution in [0.2, 0.25) is 0 Å². The van der Waals surface area contributed by atoms with Crippen molar-refractivity contribution in [1.82, 2.24) is 10.3 Å². The number of aryl methyl sites for hydroxylation is 1. The number of aromatic nitrogens is 1. The Balaban J connectivity index is 1.86. The van der Waals surface area contributed by atoms with Gasteiger partial charge in [-0.3, -0.25) is 0 Å². The summed E-state index contributed by atoms with van der Waals surface area (Å²) < 4.78 is 0. The molecule has 1 aliphatic rings. The minimum Gasteiger partial charge on any atom is -0.308 e. The van der Waals surface area contributed by atoms with E-state index in [1.54, 1.807) is 11.3 Å². The van der Waals surface area contributed by atoms with Crippen molar-refractivity contribution in [3.8, 4) is 0 Å². The third-order valence-electron chi connectivity index (χ3n) is 3.63. The number of nitrogens with zero attached hydrogens (tertiary/aromatic N) is 1. The molecule has 0 amide bonds. The van der Waals surface area contributed by atoms with Gasteiger partial charge in [-0.1, -0.05) is 20.8 Å². The quantitative estimate of drug-likeness (QED) is 0.886. The second-order valence-electron chi connectivity index (χ2n) is 6.35. The Labute approximate surface area is 109 Å². The Morgan fingerprint density at radius 2 is 2.24 bits per heavy atom. The summed E-state index contributed by atoms with van der Waals surface area (Å²) in [7, 11) is 0. The lowest BCUT2D eigenvalue weighted by atomic mass is 9.70. The van der Waals surface area contributed by atoms with E-state index in [9.17, 15) is 0 Å². The Kier molecular flexibility index (Phi) is 3.88. The molecule has 17 heavy (non-hydrogen) atoms. The summed E-state index contributed by atoms with van der Waals surface area (Å²) in [6.07, 6.45) is 3.97. The summed E-state index contributed by atoms with van der Waals surface area (Å²) in [5, 5.41) is 7.01. The molecule has 1 fully saturated rings. The topological polar surface area (TPSA) is 24.9 Å². The summed E-state index contributed by atoms with van der Waals surface area (Å²) in [4.78, 5) is 4.51. The van der Waals surface area contributed by atoms with Crippen LogP contribution in [-0.4, -0.2) is 11.0 Å². The molecule has 2 nitrogen and oxygen atoms in total. The van der Waals surface area contributed by atoms with Crippen LogP contribution in [-0.2, 0) is 6.54 Å². The lowest BCUT2D eigenvalue weighted by Crippen LogP contribution is -2.39. The number of thiazole rings is 1. The number of nitrogens with one attached hydrogen (secondary N) is 1. The monoisotopic (exact) mass is 252 g/mol. The molecule has 0 aliphatic heterocycles. The molecule has 0 saturated heterocycles. The van der Waals surface area contributed by atoms with Crippen molar-refractivity contribution < 1.29 is 0 Å². The Bertz CT molecular complexity index is 370. The average Bonchev–Trinajstić information content (AvgIpc) is 2.58. The van der Waals surface area contributed by atoms with Crippen LogP contribution in [0.5, 0.6) is 0 Å². The molecule has 2 atom stereocenters. The fourth-order valence-corrected chi connectivity index (χ4v) is 3.85. The molecule has 2 unspecified atom stereocenters. The molecule has 3 heteroatoms. The third kappa shape index (κ3) is 3.78. The van der Waals surface area contributed by atoms with Crippen LogP contribution < -0.4 is 5.32 Å². The van der Waals surface area contributed by atoms with Crippen LogP contribution in [0.1, 0.15) is 50.7 Å². The van der Waals surface area contributed by atoms with E-state index >= 15 is 0 Å². The van der Waals surface area contributed by atoms with Gasteiger partial charge in [-0.15, -0.1) is 11.3 Å². The average molecular weight is 252 g/mol. The Hall–Kier alpha value is -0.410. The fourth-order valence-electron chi connectivity index (χ4n) is 3.24. The zero-order chi connectivity index (χ0) is 12.5. The van der Waals surface area contributed by atoms with Gasteiger partial charge in [-0.2, -0.15) is 0 Å². The number of hydrogen-bond acceptors (Lipinski definition) is 3. The van der Waals surface area contributed by atoms with Crippen LogP contribution in [0.4, 0.5) is 0 Å². The largest absolute Gasteiger partial charge is 0.308 e. The number of rotatable bonds is 3. The lowest BCUT2D eigenvalue weighted by Gasteiger charge is -2.39. The van der Waals surface area contributed by atoms with E-state index in [4.69, 9.17) is 0 Å². The van der Waals surface area contributed by atoms with Crippen molar-refractivity contribution in [2.45, 2.75) is 59.5 Å². The molecule has 96 valence electrons. The molecule has 1 N–H and O–H groups in total. The first-order chi connectivity index (χ1) is 7.94. The lowest BCUT2D eigenvalue weighted by molar-refractivity contribution is 0.150. The van der Waals surface area contributed by atoms with Crippen LogP contribution >= 0.6 is 11.3 Å². The smallest absolute Gasteiger partial charge is 0.0897 e. The summed E-state index contributed by atoms with van der Waals surface area (Å²) >= 11 is 1.74. The maximum Gasteiger partial charge on any atom is 0.0897 e. The summed E-state index contributed by atoms with van der Waals surface area (Å²) in [6, 6.07) is 0.663. The van der Waals surface area contributed by atoms with Crippen molar-refractivity contribution in [3.63, 3.8) is 0 Å². The molecule has 1 aromatic rings. The minimum atomic E-state index is 0.493. The first-order valence-corrected chi connectivity index (χ1v) is 7.47. The summed E-state index contributed by atoms with van der Waals surface area (Å²) in [5.74, 6) is 0.841. The zero-order valence-electron chi connectivity index (χ0n) is 11.4. The van der Waals surface area contributed by atoms with Crippen molar-refractivity contribution in [1.29, 1.82) is 0 Å². The molecule has 0 spiro atoms. The van der Waals surface area contributed by atoms with Gasteiger partial charge in [0.2, 0.25) is 0 Å². The fraction of sp³-hybridized carbons (Fsp3) is 0.786. The van der Waals surface area contributed by atoms with Crippen molar-refractivity contribution in [2.75, 3.05) is 0 Å². The molecule has 0 bridgehead atoms. The van der Waals surface area contributed by atoms with Gasteiger partial charge in [0.25, 0.3) is 0 Å². The molecule has 1 heterocycles. The first-order valence-electron chi connectivity index (χ1n) is 6.59. The summed E-state index contributed by atoms with van der Waals surface area (Å²) in [5.41, 5.74) is 1.69. The van der Waals surface area contributed by atoms with E-state index in [1.807, 2.05) is 0 Å². The van der Waals surface area contributed by atoms with Crippen LogP contribution in [0.15, 0.2) is 5.38 Å². The third-order valence-corrected chi connectivity index (χ3v) is 4.45. The molecule has 0 radical (unpaired) electrons.